The van der Waals surface area contributed by atoms with Gasteiger partial charge in [-0.3, -0.25) is 4.79 Å². The monoisotopic (exact) mass is 289 g/mol. The molecule has 0 aliphatic heterocycles. The summed E-state index contributed by atoms with van der Waals surface area (Å²) in [6, 6.07) is 11.4. The molecule has 0 fully saturated rings. The van der Waals surface area contributed by atoms with Gasteiger partial charge >= 0.3 is 0 Å². The molecule has 106 valence electrons. The molecule has 2 N–H and O–H groups in total. The SMILES string of the molecule is CCc1ccc(C(=O)NCCC(O)c2cccs2)cc1. The van der Waals surface area contributed by atoms with E-state index in [4.69, 9.17) is 0 Å². The first kappa shape index (κ1) is 14.8. The highest BCUT2D eigenvalue weighted by atomic mass is 32.1. The van der Waals surface area contributed by atoms with Crippen LogP contribution in [0.1, 0.15) is 40.2 Å². The van der Waals surface area contributed by atoms with Gasteiger partial charge in [-0.2, -0.15) is 0 Å². The standard InChI is InChI=1S/C16H19NO2S/c1-2-12-5-7-13(8-6-12)16(19)17-10-9-14(18)15-4-3-11-20-15/h3-8,11,14,18H,2,9-10H2,1H3,(H,17,19). The molecule has 0 saturated heterocycles. The topological polar surface area (TPSA) is 49.3 Å². The molecule has 1 unspecified atom stereocenters. The zero-order chi connectivity index (χ0) is 14.4. The lowest BCUT2D eigenvalue weighted by Crippen LogP contribution is -2.25. The van der Waals surface area contributed by atoms with Crippen molar-refractivity contribution in [2.24, 2.45) is 0 Å². The molecule has 2 aromatic rings. The van der Waals surface area contributed by atoms with Crippen molar-refractivity contribution in [2.75, 3.05) is 6.54 Å². The second kappa shape index (κ2) is 7.22. The van der Waals surface area contributed by atoms with Crippen LogP contribution in [0.25, 0.3) is 0 Å². The third-order valence-electron chi connectivity index (χ3n) is 3.20. The van der Waals surface area contributed by atoms with E-state index >= 15 is 0 Å². The number of rotatable bonds is 6. The summed E-state index contributed by atoms with van der Waals surface area (Å²) in [5.74, 6) is -0.0916. The third kappa shape index (κ3) is 3.92. The molecule has 0 bridgehead atoms. The molecular formula is C16H19NO2S. The Kier molecular flexibility index (Phi) is 5.32. The highest BCUT2D eigenvalue weighted by molar-refractivity contribution is 7.10. The Morgan fingerprint density at radius 1 is 1.30 bits per heavy atom. The van der Waals surface area contributed by atoms with Gasteiger partial charge < -0.3 is 10.4 Å². The lowest BCUT2D eigenvalue weighted by atomic mass is 10.1. The van der Waals surface area contributed by atoms with Crippen LogP contribution in [0, 0.1) is 0 Å². The van der Waals surface area contributed by atoms with E-state index in [9.17, 15) is 9.90 Å². The second-order valence-corrected chi connectivity index (χ2v) is 5.61. The summed E-state index contributed by atoms with van der Waals surface area (Å²) in [6.45, 7) is 2.55. The molecule has 0 aliphatic carbocycles. The van der Waals surface area contributed by atoms with Crippen molar-refractivity contribution in [2.45, 2.75) is 25.9 Å². The number of carbonyl (C=O) groups is 1. The lowest BCUT2D eigenvalue weighted by molar-refractivity contribution is 0.0943. The van der Waals surface area contributed by atoms with Gasteiger partial charge in [-0.1, -0.05) is 25.1 Å². The quantitative estimate of drug-likeness (QED) is 0.858. The minimum atomic E-state index is -0.502. The van der Waals surface area contributed by atoms with Gasteiger partial charge in [0.25, 0.3) is 5.91 Å². The lowest BCUT2D eigenvalue weighted by Gasteiger charge is -2.10. The van der Waals surface area contributed by atoms with E-state index < -0.39 is 6.10 Å². The fourth-order valence-electron chi connectivity index (χ4n) is 1.94. The van der Waals surface area contributed by atoms with Crippen molar-refractivity contribution >= 4 is 17.2 Å². The molecule has 0 spiro atoms. The Bertz CT molecular complexity index is 534. The molecule has 1 atom stereocenters. The summed E-state index contributed by atoms with van der Waals surface area (Å²) >= 11 is 1.53. The largest absolute Gasteiger partial charge is 0.388 e. The average molecular weight is 289 g/mol. The smallest absolute Gasteiger partial charge is 0.251 e. The van der Waals surface area contributed by atoms with Crippen LogP contribution in [-0.2, 0) is 6.42 Å². The van der Waals surface area contributed by atoms with E-state index in [1.807, 2.05) is 41.8 Å². The fourth-order valence-corrected chi connectivity index (χ4v) is 2.69. The average Bonchev–Trinajstić information content (AvgIpc) is 3.01. The molecule has 4 heteroatoms. The predicted octanol–water partition coefficient (Wildman–Crippen LogP) is 3.16. The normalized spacial score (nSPS) is 12.1. The number of amides is 1. The van der Waals surface area contributed by atoms with Crippen molar-refractivity contribution in [1.29, 1.82) is 0 Å². The number of aliphatic hydroxyl groups excluding tert-OH is 1. The molecule has 1 aromatic heterocycles. The first-order valence-corrected chi connectivity index (χ1v) is 7.67. The van der Waals surface area contributed by atoms with Crippen LogP contribution in [0.5, 0.6) is 0 Å². The number of benzene rings is 1. The maximum absolute atomic E-state index is 11.9. The number of aryl methyl sites for hydroxylation is 1. The van der Waals surface area contributed by atoms with Gasteiger partial charge in [0.1, 0.15) is 0 Å². The summed E-state index contributed by atoms with van der Waals surface area (Å²) < 4.78 is 0. The number of carbonyl (C=O) groups excluding carboxylic acids is 1. The number of nitrogens with one attached hydrogen (secondary N) is 1. The minimum Gasteiger partial charge on any atom is -0.388 e. The van der Waals surface area contributed by atoms with Crippen molar-refractivity contribution in [3.63, 3.8) is 0 Å². The Hall–Kier alpha value is -1.65. The zero-order valence-corrected chi connectivity index (χ0v) is 12.3. The summed E-state index contributed by atoms with van der Waals surface area (Å²) in [5.41, 5.74) is 1.88. The Labute approximate surface area is 123 Å². The molecule has 20 heavy (non-hydrogen) atoms. The van der Waals surface area contributed by atoms with Crippen LogP contribution in [0.2, 0.25) is 0 Å². The molecular weight excluding hydrogens is 270 g/mol. The van der Waals surface area contributed by atoms with Gasteiger partial charge in [-0.25, -0.2) is 0 Å². The minimum absolute atomic E-state index is 0.0916. The van der Waals surface area contributed by atoms with Crippen LogP contribution in [-0.4, -0.2) is 17.6 Å². The van der Waals surface area contributed by atoms with Gasteiger partial charge in [-0.15, -0.1) is 11.3 Å². The van der Waals surface area contributed by atoms with E-state index in [0.29, 0.717) is 18.5 Å². The number of hydrogen-bond acceptors (Lipinski definition) is 3. The van der Waals surface area contributed by atoms with Crippen molar-refractivity contribution < 1.29 is 9.90 Å². The van der Waals surface area contributed by atoms with E-state index in [-0.39, 0.29) is 5.91 Å². The van der Waals surface area contributed by atoms with Crippen LogP contribution >= 0.6 is 11.3 Å². The van der Waals surface area contributed by atoms with Gasteiger partial charge in [0.15, 0.2) is 0 Å². The first-order valence-electron chi connectivity index (χ1n) is 6.79. The first-order chi connectivity index (χ1) is 9.70. The van der Waals surface area contributed by atoms with Crippen LogP contribution in [0.4, 0.5) is 0 Å². The molecule has 1 aromatic carbocycles. The second-order valence-electron chi connectivity index (χ2n) is 4.63. The van der Waals surface area contributed by atoms with Crippen molar-refractivity contribution in [3.05, 3.63) is 57.8 Å². The van der Waals surface area contributed by atoms with Gasteiger partial charge in [0, 0.05) is 17.0 Å². The molecule has 1 amide bonds. The Morgan fingerprint density at radius 2 is 2.05 bits per heavy atom. The molecule has 0 saturated carbocycles. The summed E-state index contributed by atoms with van der Waals surface area (Å²) in [4.78, 5) is 12.9. The number of hydrogen-bond donors (Lipinski definition) is 2. The zero-order valence-electron chi connectivity index (χ0n) is 11.5. The Balaban J connectivity index is 1.80. The maximum atomic E-state index is 11.9. The van der Waals surface area contributed by atoms with E-state index in [1.54, 1.807) is 0 Å². The van der Waals surface area contributed by atoms with E-state index in [0.717, 1.165) is 11.3 Å². The van der Waals surface area contributed by atoms with Crippen LogP contribution in [0.3, 0.4) is 0 Å². The summed E-state index contributed by atoms with van der Waals surface area (Å²) in [7, 11) is 0. The van der Waals surface area contributed by atoms with Gasteiger partial charge in [0.2, 0.25) is 0 Å². The van der Waals surface area contributed by atoms with Gasteiger partial charge in [0.05, 0.1) is 6.10 Å². The molecule has 2 rings (SSSR count). The van der Waals surface area contributed by atoms with E-state index in [1.165, 1.54) is 16.9 Å². The van der Waals surface area contributed by atoms with Gasteiger partial charge in [-0.05, 0) is 42.0 Å². The fraction of sp³-hybridized carbons (Fsp3) is 0.312. The summed E-state index contributed by atoms with van der Waals surface area (Å²) in [6.07, 6.45) is 0.992. The highest BCUT2D eigenvalue weighted by Gasteiger charge is 2.10. The maximum Gasteiger partial charge on any atom is 0.251 e. The van der Waals surface area contributed by atoms with Crippen molar-refractivity contribution in [1.82, 2.24) is 5.32 Å². The van der Waals surface area contributed by atoms with Crippen LogP contribution < -0.4 is 5.32 Å². The molecule has 0 radical (unpaired) electrons. The number of aliphatic hydroxyl groups is 1. The highest BCUT2D eigenvalue weighted by Crippen LogP contribution is 2.20. The molecule has 1 heterocycles. The number of thiophene rings is 1. The third-order valence-corrected chi connectivity index (χ3v) is 4.17. The summed E-state index contributed by atoms with van der Waals surface area (Å²) in [5, 5.41) is 14.7. The Morgan fingerprint density at radius 3 is 2.65 bits per heavy atom. The molecule has 3 nitrogen and oxygen atoms in total. The van der Waals surface area contributed by atoms with Crippen molar-refractivity contribution in [3.8, 4) is 0 Å². The molecule has 0 aliphatic rings. The van der Waals surface area contributed by atoms with E-state index in [2.05, 4.69) is 12.2 Å². The predicted molar refractivity (Wildman–Crippen MR) is 82.0 cm³/mol. The van der Waals surface area contributed by atoms with Crippen LogP contribution in [0.15, 0.2) is 41.8 Å².